The molecule has 1 aliphatic rings. The number of rotatable bonds is 6. The molecule has 0 aliphatic heterocycles. The number of carbonyl (C=O) groups excluding carboxylic acids is 1. The number of fused-ring (bicyclic) bond motifs is 1. The molecule has 1 fully saturated rings. The number of hydrogen-bond acceptors (Lipinski definition) is 3. The van der Waals surface area contributed by atoms with Gasteiger partial charge in [0.1, 0.15) is 6.54 Å². The van der Waals surface area contributed by atoms with Crippen molar-refractivity contribution in [3.63, 3.8) is 0 Å². The van der Waals surface area contributed by atoms with E-state index in [-0.39, 0.29) is 5.91 Å². The zero-order valence-electron chi connectivity index (χ0n) is 16.5. The minimum Gasteiger partial charge on any atom is -0.352 e. The number of para-hydroxylation sites is 2. The Bertz CT molecular complexity index is 928. The van der Waals surface area contributed by atoms with Crippen molar-refractivity contribution < 1.29 is 4.79 Å². The number of benzene rings is 2. The fraction of sp³-hybridized carbons (Fsp3) is 0.391. The van der Waals surface area contributed by atoms with E-state index in [0.717, 1.165) is 29.8 Å². The maximum absolute atomic E-state index is 13.0. The first kappa shape index (κ1) is 18.5. The van der Waals surface area contributed by atoms with E-state index >= 15 is 0 Å². The van der Waals surface area contributed by atoms with E-state index in [1.165, 1.54) is 24.8 Å². The third kappa shape index (κ3) is 4.03. The molecular formula is C23H28N4O. The predicted molar refractivity (Wildman–Crippen MR) is 113 cm³/mol. The molecule has 0 saturated heterocycles. The number of nitrogens with one attached hydrogen (secondary N) is 1. The first-order valence-corrected chi connectivity index (χ1v) is 10.2. The van der Waals surface area contributed by atoms with E-state index < -0.39 is 0 Å². The molecule has 0 bridgehead atoms. The van der Waals surface area contributed by atoms with Crippen molar-refractivity contribution in [3.05, 3.63) is 60.2 Å². The van der Waals surface area contributed by atoms with Gasteiger partial charge in [-0.3, -0.25) is 4.79 Å². The molecule has 0 atom stereocenters. The number of imidazole rings is 1. The van der Waals surface area contributed by atoms with Crippen molar-refractivity contribution in [2.24, 2.45) is 0 Å². The summed E-state index contributed by atoms with van der Waals surface area (Å²) in [7, 11) is 1.95. The lowest BCUT2D eigenvalue weighted by atomic mass is 9.94. The summed E-state index contributed by atoms with van der Waals surface area (Å²) in [6.07, 6.45) is 5.97. The van der Waals surface area contributed by atoms with Crippen LogP contribution in [0.15, 0.2) is 54.6 Å². The van der Waals surface area contributed by atoms with Gasteiger partial charge in [0.05, 0.1) is 11.0 Å². The Morgan fingerprint density at radius 3 is 2.57 bits per heavy atom. The number of carbonyl (C=O) groups is 1. The van der Waals surface area contributed by atoms with Gasteiger partial charge >= 0.3 is 0 Å². The second-order valence-electron chi connectivity index (χ2n) is 7.65. The largest absolute Gasteiger partial charge is 0.352 e. The second-order valence-corrected chi connectivity index (χ2v) is 7.65. The van der Waals surface area contributed by atoms with Crippen LogP contribution in [-0.4, -0.2) is 33.4 Å². The lowest BCUT2D eigenvalue weighted by molar-refractivity contribution is -0.133. The Morgan fingerprint density at radius 2 is 1.79 bits per heavy atom. The van der Waals surface area contributed by atoms with Crippen LogP contribution in [0.3, 0.4) is 0 Å². The van der Waals surface area contributed by atoms with Crippen LogP contribution in [0.4, 0.5) is 5.95 Å². The first-order valence-electron chi connectivity index (χ1n) is 10.2. The number of amides is 1. The van der Waals surface area contributed by atoms with Gasteiger partial charge in [-0.15, -0.1) is 0 Å². The van der Waals surface area contributed by atoms with Crippen molar-refractivity contribution in [1.29, 1.82) is 0 Å². The van der Waals surface area contributed by atoms with E-state index in [1.54, 1.807) is 0 Å². The molecule has 1 amide bonds. The number of nitrogens with zero attached hydrogens (tertiary/aromatic N) is 3. The molecule has 3 aromatic rings. The Kier molecular flexibility index (Phi) is 5.60. The van der Waals surface area contributed by atoms with Gasteiger partial charge in [-0.1, -0.05) is 61.7 Å². The Hall–Kier alpha value is -2.82. The lowest BCUT2D eigenvalue weighted by Crippen LogP contribution is -2.40. The number of aromatic nitrogens is 2. The average molecular weight is 377 g/mol. The summed E-state index contributed by atoms with van der Waals surface area (Å²) >= 11 is 0. The molecule has 0 unspecified atom stereocenters. The lowest BCUT2D eigenvalue weighted by Gasteiger charge is -2.31. The Labute approximate surface area is 166 Å². The summed E-state index contributed by atoms with van der Waals surface area (Å²) in [4.78, 5) is 19.7. The number of hydrogen-bond donors (Lipinski definition) is 1. The Balaban J connectivity index is 1.55. The fourth-order valence-corrected chi connectivity index (χ4v) is 4.07. The SMILES string of the molecule is CN(C(=O)Cn1c(NCc2ccccc2)nc2ccccc21)C1CCCCC1. The number of likely N-dealkylation sites (N-methyl/N-ethyl adjacent to an activating group) is 1. The molecule has 1 aliphatic carbocycles. The van der Waals surface area contributed by atoms with Gasteiger partial charge in [0.15, 0.2) is 0 Å². The van der Waals surface area contributed by atoms with Crippen molar-refractivity contribution >= 4 is 22.9 Å². The van der Waals surface area contributed by atoms with Crippen molar-refractivity contribution in [2.45, 2.75) is 51.2 Å². The second kappa shape index (κ2) is 8.46. The molecule has 1 aromatic heterocycles. The van der Waals surface area contributed by atoms with Crippen LogP contribution < -0.4 is 5.32 Å². The highest BCUT2D eigenvalue weighted by Gasteiger charge is 2.23. The van der Waals surface area contributed by atoms with Gasteiger partial charge in [0.2, 0.25) is 11.9 Å². The maximum atomic E-state index is 13.0. The number of anilines is 1. The van der Waals surface area contributed by atoms with E-state index in [4.69, 9.17) is 4.98 Å². The van der Waals surface area contributed by atoms with Gasteiger partial charge in [0.25, 0.3) is 0 Å². The third-order valence-electron chi connectivity index (χ3n) is 5.76. The smallest absolute Gasteiger partial charge is 0.242 e. The highest BCUT2D eigenvalue weighted by Crippen LogP contribution is 2.24. The fourth-order valence-electron chi connectivity index (χ4n) is 4.07. The van der Waals surface area contributed by atoms with E-state index in [1.807, 2.05) is 59.0 Å². The zero-order chi connectivity index (χ0) is 19.3. The monoisotopic (exact) mass is 376 g/mol. The normalized spacial score (nSPS) is 14.9. The summed E-state index contributed by atoms with van der Waals surface area (Å²) in [5.74, 6) is 0.897. The molecule has 2 aromatic carbocycles. The van der Waals surface area contributed by atoms with Crippen LogP contribution in [-0.2, 0) is 17.9 Å². The summed E-state index contributed by atoms with van der Waals surface area (Å²) < 4.78 is 2.01. The maximum Gasteiger partial charge on any atom is 0.242 e. The van der Waals surface area contributed by atoms with Crippen molar-refractivity contribution in [1.82, 2.24) is 14.5 Å². The molecule has 5 nitrogen and oxygen atoms in total. The third-order valence-corrected chi connectivity index (χ3v) is 5.76. The minimum atomic E-state index is 0.151. The topological polar surface area (TPSA) is 50.2 Å². The van der Waals surface area contributed by atoms with E-state index in [0.29, 0.717) is 19.1 Å². The molecule has 1 saturated carbocycles. The quantitative estimate of drug-likeness (QED) is 0.692. The van der Waals surface area contributed by atoms with Crippen molar-refractivity contribution in [3.8, 4) is 0 Å². The zero-order valence-corrected chi connectivity index (χ0v) is 16.5. The minimum absolute atomic E-state index is 0.151. The van der Waals surface area contributed by atoms with Crippen LogP contribution in [0.5, 0.6) is 0 Å². The molecule has 146 valence electrons. The average Bonchev–Trinajstić information content (AvgIpc) is 3.10. The molecule has 4 rings (SSSR count). The van der Waals surface area contributed by atoms with E-state index in [9.17, 15) is 4.79 Å². The standard InChI is InChI=1S/C23H28N4O/c1-26(19-12-6-3-7-13-19)22(28)17-27-21-15-9-8-14-20(21)25-23(27)24-16-18-10-4-2-5-11-18/h2,4-5,8-11,14-15,19H,3,6-7,12-13,16-17H2,1H3,(H,24,25). The molecule has 5 heteroatoms. The molecule has 0 radical (unpaired) electrons. The van der Waals surface area contributed by atoms with Crippen LogP contribution in [0.25, 0.3) is 11.0 Å². The van der Waals surface area contributed by atoms with Gasteiger partial charge in [0, 0.05) is 19.6 Å². The molecule has 0 spiro atoms. The van der Waals surface area contributed by atoms with Gasteiger partial charge in [-0.2, -0.15) is 0 Å². The highest BCUT2D eigenvalue weighted by atomic mass is 16.2. The summed E-state index contributed by atoms with van der Waals surface area (Å²) in [5.41, 5.74) is 3.08. The Morgan fingerprint density at radius 1 is 1.07 bits per heavy atom. The molecule has 28 heavy (non-hydrogen) atoms. The van der Waals surface area contributed by atoms with Crippen LogP contribution in [0, 0.1) is 0 Å². The summed E-state index contributed by atoms with van der Waals surface area (Å²) in [6, 6.07) is 18.6. The molecule has 1 heterocycles. The summed E-state index contributed by atoms with van der Waals surface area (Å²) in [6.45, 7) is 0.988. The van der Waals surface area contributed by atoms with Crippen LogP contribution in [0.2, 0.25) is 0 Å². The van der Waals surface area contributed by atoms with Gasteiger partial charge in [-0.25, -0.2) is 4.98 Å². The van der Waals surface area contributed by atoms with Gasteiger partial charge in [-0.05, 0) is 30.5 Å². The highest BCUT2D eigenvalue weighted by molar-refractivity contribution is 5.83. The van der Waals surface area contributed by atoms with Crippen LogP contribution >= 0.6 is 0 Å². The first-order chi connectivity index (χ1) is 13.7. The summed E-state index contributed by atoms with van der Waals surface area (Å²) in [5, 5.41) is 3.42. The van der Waals surface area contributed by atoms with Crippen molar-refractivity contribution in [2.75, 3.05) is 12.4 Å². The van der Waals surface area contributed by atoms with E-state index in [2.05, 4.69) is 17.4 Å². The van der Waals surface area contributed by atoms with Crippen LogP contribution in [0.1, 0.15) is 37.7 Å². The van der Waals surface area contributed by atoms with Gasteiger partial charge < -0.3 is 14.8 Å². The predicted octanol–water partition coefficient (Wildman–Crippen LogP) is 4.44. The molecular weight excluding hydrogens is 348 g/mol. The molecule has 1 N–H and O–H groups in total.